The van der Waals surface area contributed by atoms with Crippen molar-refractivity contribution in [2.45, 2.75) is 25.4 Å². The second-order valence-electron chi connectivity index (χ2n) is 4.08. The predicted molar refractivity (Wildman–Crippen MR) is 83.2 cm³/mol. The summed E-state index contributed by atoms with van der Waals surface area (Å²) in [6, 6.07) is 0. The third-order valence-corrected chi connectivity index (χ3v) is 4.08. The molecule has 0 aromatic heterocycles. The van der Waals surface area contributed by atoms with E-state index in [9.17, 15) is 10.2 Å². The Kier molecular flexibility index (Phi) is 8.31. The first-order valence-electron chi connectivity index (χ1n) is 6.10. The van der Waals surface area contributed by atoms with E-state index in [4.69, 9.17) is 66.1 Å². The van der Waals surface area contributed by atoms with Gasteiger partial charge in [-0.05, 0) is 0 Å². The summed E-state index contributed by atoms with van der Waals surface area (Å²) in [5, 5.41) is 35.8. The van der Waals surface area contributed by atoms with Crippen molar-refractivity contribution in [3.63, 3.8) is 0 Å². The van der Waals surface area contributed by atoms with E-state index in [1.54, 1.807) is 0 Å². The van der Waals surface area contributed by atoms with E-state index in [0.717, 1.165) is 0 Å². The molecule has 1 aromatic rings. The zero-order valence-electron chi connectivity index (χ0n) is 11.1. The average Bonchev–Trinajstić information content (AvgIpc) is 2.47. The Balaban J connectivity index is 3.14. The summed E-state index contributed by atoms with van der Waals surface area (Å²) in [6.45, 7) is -0.626. The van der Waals surface area contributed by atoms with Gasteiger partial charge in [-0.2, -0.15) is 0 Å². The van der Waals surface area contributed by atoms with Crippen LogP contribution in [0.1, 0.15) is 12.8 Å². The molecule has 4 N–H and O–H groups in total. The maximum absolute atomic E-state index is 9.53. The molecule has 0 aliphatic carbocycles. The molecule has 2 atom stereocenters. The molecule has 1 rings (SSSR count). The Morgan fingerprint density at radius 2 is 0.955 bits per heavy atom. The van der Waals surface area contributed by atoms with Crippen molar-refractivity contribution in [1.29, 1.82) is 0 Å². The Morgan fingerprint density at radius 3 is 1.18 bits per heavy atom. The Morgan fingerprint density at radius 1 is 0.682 bits per heavy atom. The first-order chi connectivity index (χ1) is 10.3. The first kappa shape index (κ1) is 19.9. The summed E-state index contributed by atoms with van der Waals surface area (Å²) in [5.41, 5.74) is 0. The summed E-state index contributed by atoms with van der Waals surface area (Å²) in [7, 11) is 0. The smallest absolute Gasteiger partial charge is 0.199 e. The highest BCUT2D eigenvalue weighted by atomic mass is 35.5. The van der Waals surface area contributed by atoms with E-state index in [1.165, 1.54) is 0 Å². The molecule has 2 unspecified atom stereocenters. The highest BCUT2D eigenvalue weighted by Crippen LogP contribution is 2.50. The maximum Gasteiger partial charge on any atom is 0.199 e. The maximum atomic E-state index is 9.53. The van der Waals surface area contributed by atoms with Gasteiger partial charge in [0.15, 0.2) is 24.1 Å². The van der Waals surface area contributed by atoms with Crippen molar-refractivity contribution in [2.24, 2.45) is 0 Å². The molecule has 22 heavy (non-hydrogen) atoms. The van der Waals surface area contributed by atoms with Crippen LogP contribution in [0.15, 0.2) is 0 Å². The van der Waals surface area contributed by atoms with E-state index in [-0.39, 0.29) is 57.6 Å². The van der Waals surface area contributed by atoms with Crippen LogP contribution in [0, 0.1) is 0 Å². The quantitative estimate of drug-likeness (QED) is 0.398. The minimum Gasteiger partial charge on any atom is -0.462 e. The number of ether oxygens (including phenoxy) is 2. The summed E-state index contributed by atoms with van der Waals surface area (Å²) in [4.78, 5) is 0. The molecule has 0 amide bonds. The molecule has 0 bridgehead atoms. The summed E-state index contributed by atoms with van der Waals surface area (Å²) in [6.07, 6.45) is -2.87. The molecule has 0 spiro atoms. The van der Waals surface area contributed by atoms with Gasteiger partial charge < -0.3 is 29.9 Å². The lowest BCUT2D eigenvalue weighted by Gasteiger charge is -2.20. The molecule has 6 nitrogen and oxygen atoms in total. The molecule has 1 aromatic carbocycles. The van der Waals surface area contributed by atoms with Crippen molar-refractivity contribution in [2.75, 3.05) is 13.2 Å². The molecule has 0 fully saturated rings. The molecule has 0 aliphatic heterocycles. The third-order valence-electron chi connectivity index (χ3n) is 2.44. The first-order valence-corrected chi connectivity index (χ1v) is 7.61. The largest absolute Gasteiger partial charge is 0.462 e. The molecule has 0 saturated carbocycles. The lowest BCUT2D eigenvalue weighted by Crippen LogP contribution is -2.19. The van der Waals surface area contributed by atoms with Crippen molar-refractivity contribution in [3.05, 3.63) is 20.1 Å². The number of rotatable bonds is 8. The van der Waals surface area contributed by atoms with Crippen molar-refractivity contribution in [3.8, 4) is 11.5 Å². The topological polar surface area (TPSA) is 99.4 Å². The number of halogens is 4. The van der Waals surface area contributed by atoms with Gasteiger partial charge >= 0.3 is 0 Å². The Labute approximate surface area is 146 Å². The fourth-order valence-electron chi connectivity index (χ4n) is 1.41. The predicted octanol–water partition coefficient (Wildman–Crippen LogP) is 2.46. The lowest BCUT2D eigenvalue weighted by atomic mass is 10.3. The molecular weight excluding hydrogens is 382 g/mol. The Bertz CT molecular complexity index is 439. The van der Waals surface area contributed by atoms with Crippen LogP contribution >= 0.6 is 46.4 Å². The summed E-state index contributed by atoms with van der Waals surface area (Å²) < 4.78 is 10.2. The zero-order valence-corrected chi connectivity index (χ0v) is 14.1. The second-order valence-corrected chi connectivity index (χ2v) is 5.60. The highest BCUT2D eigenvalue weighted by Gasteiger charge is 2.25. The minimum absolute atomic E-state index is 0.0740. The van der Waals surface area contributed by atoms with Crippen molar-refractivity contribution >= 4 is 46.4 Å². The fraction of sp³-hybridized carbons (Fsp3) is 0.500. The number of aliphatic hydroxyl groups excluding tert-OH is 4. The normalized spacial score (nSPS) is 13.8. The van der Waals surface area contributed by atoms with Crippen molar-refractivity contribution < 1.29 is 29.9 Å². The van der Waals surface area contributed by atoms with Crippen LogP contribution in [0.2, 0.25) is 20.1 Å². The van der Waals surface area contributed by atoms with Gasteiger partial charge in [0.25, 0.3) is 0 Å². The van der Waals surface area contributed by atoms with E-state index in [0.29, 0.717) is 0 Å². The molecule has 0 aliphatic rings. The van der Waals surface area contributed by atoms with Crippen LogP contribution in [-0.4, -0.2) is 46.2 Å². The van der Waals surface area contributed by atoms with Gasteiger partial charge in [-0.3, -0.25) is 0 Å². The number of aliphatic hydroxyl groups is 4. The van der Waals surface area contributed by atoms with Gasteiger partial charge in [-0.15, -0.1) is 0 Å². The SMILES string of the molecule is OCCC(O)Oc1c(Cl)c(Cl)c(OC(O)CCO)c(Cl)c1Cl. The van der Waals surface area contributed by atoms with Gasteiger partial charge in [0.2, 0.25) is 0 Å². The average molecular weight is 396 g/mol. The molecule has 126 valence electrons. The molecule has 10 heteroatoms. The van der Waals surface area contributed by atoms with E-state index < -0.39 is 12.6 Å². The minimum atomic E-state index is -1.36. The van der Waals surface area contributed by atoms with Gasteiger partial charge in [0, 0.05) is 26.1 Å². The highest BCUT2D eigenvalue weighted by molar-refractivity contribution is 6.50. The second kappa shape index (κ2) is 9.20. The van der Waals surface area contributed by atoms with Crippen LogP contribution in [0.25, 0.3) is 0 Å². The van der Waals surface area contributed by atoms with Gasteiger partial charge in [0.1, 0.15) is 20.1 Å². The van der Waals surface area contributed by atoms with Crippen LogP contribution in [0.5, 0.6) is 11.5 Å². The standard InChI is InChI=1S/C12H14Cl4O6/c13-7-9(15)12(22-6(20)2-4-18)10(16)8(14)11(7)21-5(19)1-3-17/h5-6,17-20H,1-4H2. The number of hydrogen-bond donors (Lipinski definition) is 4. The number of hydrogen-bond acceptors (Lipinski definition) is 6. The molecule has 0 saturated heterocycles. The van der Waals surface area contributed by atoms with Crippen LogP contribution < -0.4 is 9.47 Å². The summed E-state index contributed by atoms with van der Waals surface area (Å²) >= 11 is 24.0. The van der Waals surface area contributed by atoms with Crippen molar-refractivity contribution in [1.82, 2.24) is 0 Å². The van der Waals surface area contributed by atoms with E-state index in [1.807, 2.05) is 0 Å². The van der Waals surface area contributed by atoms with Crippen LogP contribution in [0.4, 0.5) is 0 Å². The lowest BCUT2D eigenvalue weighted by molar-refractivity contribution is -0.0354. The Hall–Kier alpha value is -0.180. The number of benzene rings is 1. The van der Waals surface area contributed by atoms with Gasteiger partial charge in [-0.25, -0.2) is 0 Å². The summed E-state index contributed by atoms with van der Waals surface area (Å²) in [5.74, 6) is -0.355. The van der Waals surface area contributed by atoms with E-state index in [2.05, 4.69) is 0 Å². The fourth-order valence-corrected chi connectivity index (χ4v) is 2.41. The molecule has 0 radical (unpaired) electrons. The van der Waals surface area contributed by atoms with Crippen LogP contribution in [0.3, 0.4) is 0 Å². The van der Waals surface area contributed by atoms with Gasteiger partial charge in [-0.1, -0.05) is 46.4 Å². The van der Waals surface area contributed by atoms with E-state index >= 15 is 0 Å². The molecule has 0 heterocycles. The molecular formula is C12H14Cl4O6. The monoisotopic (exact) mass is 394 g/mol. The van der Waals surface area contributed by atoms with Crippen LogP contribution in [-0.2, 0) is 0 Å². The van der Waals surface area contributed by atoms with Gasteiger partial charge in [0.05, 0.1) is 0 Å². The zero-order chi connectivity index (χ0) is 16.9. The third kappa shape index (κ3) is 4.91.